The Hall–Kier alpha value is -1.38. The summed E-state index contributed by atoms with van der Waals surface area (Å²) in [6, 6.07) is 0. The fraction of sp³-hybridized carbons (Fsp3) is 0.600. The van der Waals surface area contributed by atoms with Crippen molar-refractivity contribution in [3.05, 3.63) is 23.3 Å². The predicted octanol–water partition coefficient (Wildman–Crippen LogP) is 2.42. The van der Waals surface area contributed by atoms with E-state index in [-0.39, 0.29) is 23.1 Å². The molecule has 1 aliphatic heterocycles. The minimum atomic E-state index is -0.582. The van der Waals surface area contributed by atoms with Crippen molar-refractivity contribution < 1.29 is 14.3 Å². The van der Waals surface area contributed by atoms with Crippen molar-refractivity contribution in [2.45, 2.75) is 39.7 Å². The van der Waals surface area contributed by atoms with Crippen LogP contribution in [0.25, 0.3) is 0 Å². The molecule has 18 heavy (non-hydrogen) atoms. The summed E-state index contributed by atoms with van der Waals surface area (Å²) in [5.74, 6) is 0.188. The summed E-state index contributed by atoms with van der Waals surface area (Å²) in [6.45, 7) is 6.20. The molecule has 0 bridgehead atoms. The normalized spacial score (nSPS) is 42.7. The number of hydrogen-bond acceptors (Lipinski definition) is 3. The fourth-order valence-corrected chi connectivity index (χ4v) is 4.09. The van der Waals surface area contributed by atoms with Crippen LogP contribution in [0.4, 0.5) is 0 Å². The zero-order valence-electron chi connectivity index (χ0n) is 11.0. The third-order valence-corrected chi connectivity index (χ3v) is 5.09. The lowest BCUT2D eigenvalue weighted by atomic mass is 9.52. The second-order valence-electron chi connectivity index (χ2n) is 6.02. The molecule has 0 aromatic heterocycles. The summed E-state index contributed by atoms with van der Waals surface area (Å²) < 4.78 is 5.38. The smallest absolute Gasteiger partial charge is 0.307 e. The van der Waals surface area contributed by atoms with Crippen LogP contribution in [-0.4, -0.2) is 17.9 Å². The van der Waals surface area contributed by atoms with Crippen LogP contribution in [0.1, 0.15) is 33.6 Å². The number of esters is 1. The van der Waals surface area contributed by atoms with E-state index < -0.39 is 6.10 Å². The van der Waals surface area contributed by atoms with Gasteiger partial charge in [0, 0.05) is 5.41 Å². The van der Waals surface area contributed by atoms with E-state index in [1.165, 1.54) is 5.57 Å². The fourth-order valence-electron chi connectivity index (χ4n) is 4.09. The number of carbonyl (C=O) groups is 2. The molecule has 1 saturated heterocycles. The van der Waals surface area contributed by atoms with Crippen LogP contribution in [0.2, 0.25) is 0 Å². The summed E-state index contributed by atoms with van der Waals surface area (Å²) in [7, 11) is 0. The number of allylic oxidation sites excluding steroid dienone is 3. The first-order valence-corrected chi connectivity index (χ1v) is 6.52. The van der Waals surface area contributed by atoms with Gasteiger partial charge in [-0.15, -0.1) is 0 Å². The van der Waals surface area contributed by atoms with Gasteiger partial charge in [0.2, 0.25) is 0 Å². The SMILES string of the molecule is CC1=CC(=O)C2OC(=O)CC3C(C)=CCC1C32C. The minimum Gasteiger partial charge on any atom is -0.453 e. The Kier molecular flexibility index (Phi) is 2.31. The number of ether oxygens (including phenoxy) is 1. The molecular weight excluding hydrogens is 228 g/mol. The maximum atomic E-state index is 12.2. The molecule has 0 aromatic rings. The Labute approximate surface area is 107 Å². The van der Waals surface area contributed by atoms with Gasteiger partial charge in [0.25, 0.3) is 0 Å². The third kappa shape index (κ3) is 1.30. The molecule has 3 nitrogen and oxygen atoms in total. The molecule has 1 heterocycles. The van der Waals surface area contributed by atoms with E-state index in [4.69, 9.17) is 4.74 Å². The Morgan fingerprint density at radius 1 is 1.22 bits per heavy atom. The second-order valence-corrected chi connectivity index (χ2v) is 6.02. The maximum Gasteiger partial charge on any atom is 0.307 e. The highest BCUT2D eigenvalue weighted by atomic mass is 16.5. The van der Waals surface area contributed by atoms with Crippen LogP contribution in [-0.2, 0) is 14.3 Å². The Morgan fingerprint density at radius 2 is 1.94 bits per heavy atom. The van der Waals surface area contributed by atoms with E-state index in [1.54, 1.807) is 6.08 Å². The van der Waals surface area contributed by atoms with Gasteiger partial charge in [-0.3, -0.25) is 9.59 Å². The molecular formula is C15H18O3. The van der Waals surface area contributed by atoms with Gasteiger partial charge in [0.15, 0.2) is 11.9 Å². The molecule has 3 heteroatoms. The molecule has 0 saturated carbocycles. The quantitative estimate of drug-likeness (QED) is 0.487. The largest absolute Gasteiger partial charge is 0.453 e. The molecule has 0 N–H and O–H groups in total. The third-order valence-electron chi connectivity index (χ3n) is 5.09. The van der Waals surface area contributed by atoms with Crippen molar-refractivity contribution in [1.29, 1.82) is 0 Å². The Morgan fingerprint density at radius 3 is 2.67 bits per heavy atom. The number of hydrogen-bond donors (Lipinski definition) is 0. The summed E-state index contributed by atoms with van der Waals surface area (Å²) in [4.78, 5) is 23.9. The van der Waals surface area contributed by atoms with E-state index >= 15 is 0 Å². The predicted molar refractivity (Wildman–Crippen MR) is 66.7 cm³/mol. The lowest BCUT2D eigenvalue weighted by Crippen LogP contribution is -2.58. The highest BCUT2D eigenvalue weighted by molar-refractivity contribution is 5.98. The van der Waals surface area contributed by atoms with Crippen LogP contribution in [0.3, 0.4) is 0 Å². The average Bonchev–Trinajstić information content (AvgIpc) is 2.29. The zero-order valence-corrected chi connectivity index (χ0v) is 11.0. The molecule has 96 valence electrons. The standard InChI is InChI=1S/C15H18O3/c1-8-4-5-10-9(2)6-12(16)14-15(10,3)11(8)7-13(17)18-14/h4,6,10-11,14H,5,7H2,1-3H3. The van der Waals surface area contributed by atoms with E-state index in [2.05, 4.69) is 19.9 Å². The number of ketones is 1. The van der Waals surface area contributed by atoms with Crippen molar-refractivity contribution in [2.75, 3.05) is 0 Å². The average molecular weight is 246 g/mol. The molecule has 3 rings (SSSR count). The first kappa shape index (κ1) is 11.7. The summed E-state index contributed by atoms with van der Waals surface area (Å²) >= 11 is 0. The van der Waals surface area contributed by atoms with E-state index in [0.29, 0.717) is 12.3 Å². The van der Waals surface area contributed by atoms with Gasteiger partial charge in [-0.2, -0.15) is 0 Å². The molecule has 0 radical (unpaired) electrons. The summed E-state index contributed by atoms with van der Waals surface area (Å²) in [5, 5.41) is 0. The maximum absolute atomic E-state index is 12.2. The van der Waals surface area contributed by atoms with Crippen molar-refractivity contribution in [2.24, 2.45) is 17.3 Å². The second kappa shape index (κ2) is 3.56. The van der Waals surface area contributed by atoms with E-state index in [1.807, 2.05) is 6.92 Å². The zero-order chi connectivity index (χ0) is 13.1. The molecule has 0 aromatic carbocycles. The first-order chi connectivity index (χ1) is 8.44. The van der Waals surface area contributed by atoms with Gasteiger partial charge < -0.3 is 4.74 Å². The lowest BCUT2D eigenvalue weighted by molar-refractivity contribution is -0.182. The molecule has 1 fully saturated rings. The summed E-state index contributed by atoms with van der Waals surface area (Å²) in [5.41, 5.74) is 2.12. The van der Waals surface area contributed by atoms with Crippen molar-refractivity contribution in [3.63, 3.8) is 0 Å². The van der Waals surface area contributed by atoms with Gasteiger partial charge in [-0.05, 0) is 38.2 Å². The summed E-state index contributed by atoms with van der Waals surface area (Å²) in [6.07, 6.45) is 4.66. The van der Waals surface area contributed by atoms with Gasteiger partial charge in [0.1, 0.15) is 0 Å². The van der Waals surface area contributed by atoms with Crippen LogP contribution < -0.4 is 0 Å². The number of carbonyl (C=O) groups excluding carboxylic acids is 2. The molecule has 3 aliphatic rings. The van der Waals surface area contributed by atoms with Gasteiger partial charge >= 0.3 is 5.97 Å². The first-order valence-electron chi connectivity index (χ1n) is 6.52. The highest BCUT2D eigenvalue weighted by Crippen LogP contribution is 2.56. The van der Waals surface area contributed by atoms with Crippen LogP contribution in [0, 0.1) is 17.3 Å². The van der Waals surface area contributed by atoms with Crippen molar-refractivity contribution >= 4 is 11.8 Å². The minimum absolute atomic E-state index is 0.0426. The van der Waals surface area contributed by atoms with Crippen LogP contribution >= 0.6 is 0 Å². The highest BCUT2D eigenvalue weighted by Gasteiger charge is 2.58. The van der Waals surface area contributed by atoms with Crippen LogP contribution in [0.15, 0.2) is 23.3 Å². The number of rotatable bonds is 0. The van der Waals surface area contributed by atoms with E-state index in [9.17, 15) is 9.59 Å². The van der Waals surface area contributed by atoms with Crippen molar-refractivity contribution in [3.8, 4) is 0 Å². The molecule has 0 spiro atoms. The van der Waals surface area contributed by atoms with Gasteiger partial charge in [-0.1, -0.05) is 24.1 Å². The molecule has 4 atom stereocenters. The molecule has 4 unspecified atom stereocenters. The molecule has 0 amide bonds. The molecule has 2 aliphatic carbocycles. The van der Waals surface area contributed by atoms with E-state index in [0.717, 1.165) is 12.0 Å². The lowest BCUT2D eigenvalue weighted by Gasteiger charge is -2.54. The Balaban J connectivity index is 2.18. The van der Waals surface area contributed by atoms with Crippen LogP contribution in [0.5, 0.6) is 0 Å². The Bertz CT molecular complexity index is 488. The topological polar surface area (TPSA) is 43.4 Å². The van der Waals surface area contributed by atoms with Crippen molar-refractivity contribution in [1.82, 2.24) is 0 Å². The van der Waals surface area contributed by atoms with Gasteiger partial charge in [-0.25, -0.2) is 0 Å². The monoisotopic (exact) mass is 246 g/mol. The van der Waals surface area contributed by atoms with Gasteiger partial charge in [0.05, 0.1) is 6.42 Å².